The molecule has 1 aromatic rings. The molecule has 118 valence electrons. The van der Waals surface area contributed by atoms with Gasteiger partial charge in [0, 0.05) is 23.1 Å². The zero-order valence-electron chi connectivity index (χ0n) is 11.3. The van der Waals surface area contributed by atoms with Gasteiger partial charge < -0.3 is 10.4 Å². The lowest BCUT2D eigenvalue weighted by atomic mass is 10.1. The normalized spacial score (nSPS) is 11.4. The summed E-state index contributed by atoms with van der Waals surface area (Å²) < 4.78 is 39.0. The summed E-state index contributed by atoms with van der Waals surface area (Å²) in [4.78, 5) is 10.3. The Hall–Kier alpha value is -1.24. The maximum Gasteiger partial charge on any atom is 0.418 e. The van der Waals surface area contributed by atoms with Crippen LogP contribution < -0.4 is 5.32 Å². The van der Waals surface area contributed by atoms with E-state index in [4.69, 9.17) is 5.11 Å². The van der Waals surface area contributed by atoms with Crippen molar-refractivity contribution >= 4 is 27.6 Å². The van der Waals surface area contributed by atoms with E-state index in [2.05, 4.69) is 21.2 Å². The van der Waals surface area contributed by atoms with Crippen molar-refractivity contribution in [1.29, 1.82) is 0 Å². The minimum Gasteiger partial charge on any atom is -0.481 e. The molecule has 7 heteroatoms. The highest BCUT2D eigenvalue weighted by atomic mass is 79.9. The van der Waals surface area contributed by atoms with Crippen molar-refractivity contribution < 1.29 is 23.1 Å². The predicted octanol–water partition coefficient (Wildman–Crippen LogP) is 4.91. The molecule has 0 aromatic heterocycles. The molecular weight excluding hydrogens is 351 g/mol. The van der Waals surface area contributed by atoms with E-state index in [9.17, 15) is 18.0 Å². The number of hydrogen-bond donors (Lipinski definition) is 2. The third-order valence-electron chi connectivity index (χ3n) is 2.92. The molecule has 0 unspecified atom stereocenters. The fourth-order valence-electron chi connectivity index (χ4n) is 1.89. The van der Waals surface area contributed by atoms with E-state index in [-0.39, 0.29) is 12.1 Å². The third-order valence-corrected chi connectivity index (χ3v) is 3.41. The molecular formula is C14H17BrF3NO2. The molecule has 0 spiro atoms. The highest BCUT2D eigenvalue weighted by Crippen LogP contribution is 2.36. The van der Waals surface area contributed by atoms with Crippen LogP contribution in [-0.4, -0.2) is 17.6 Å². The Kier molecular flexibility index (Phi) is 7.01. The summed E-state index contributed by atoms with van der Waals surface area (Å²) in [7, 11) is 0. The van der Waals surface area contributed by atoms with E-state index < -0.39 is 17.7 Å². The van der Waals surface area contributed by atoms with Gasteiger partial charge in [0.05, 0.1) is 5.56 Å². The molecule has 0 radical (unpaired) electrons. The van der Waals surface area contributed by atoms with Gasteiger partial charge >= 0.3 is 12.1 Å². The van der Waals surface area contributed by atoms with Crippen molar-refractivity contribution in [3.63, 3.8) is 0 Å². The van der Waals surface area contributed by atoms with E-state index >= 15 is 0 Å². The molecule has 0 aliphatic rings. The van der Waals surface area contributed by atoms with Gasteiger partial charge in [0.15, 0.2) is 0 Å². The van der Waals surface area contributed by atoms with Crippen LogP contribution in [0.15, 0.2) is 22.7 Å². The molecule has 2 N–H and O–H groups in total. The second kappa shape index (κ2) is 8.26. The van der Waals surface area contributed by atoms with Crippen LogP contribution >= 0.6 is 15.9 Å². The summed E-state index contributed by atoms with van der Waals surface area (Å²) in [6.07, 6.45) is -1.40. The summed E-state index contributed by atoms with van der Waals surface area (Å²) in [5.41, 5.74) is -0.626. The summed E-state index contributed by atoms with van der Waals surface area (Å²) >= 11 is 3.16. The number of alkyl halides is 3. The molecule has 0 saturated heterocycles. The Bertz CT molecular complexity index is 478. The zero-order valence-corrected chi connectivity index (χ0v) is 12.9. The molecule has 0 atom stereocenters. The standard InChI is InChI=1S/C14H17BrF3NO2/c15-10-6-7-11(14(16,17)18)12(9-10)19-8-4-2-1-3-5-13(20)21/h6-7,9,19H,1-5,8H2,(H,20,21). The molecule has 3 nitrogen and oxygen atoms in total. The fourth-order valence-corrected chi connectivity index (χ4v) is 2.25. The van der Waals surface area contributed by atoms with E-state index in [1.807, 2.05) is 0 Å². The summed E-state index contributed by atoms with van der Waals surface area (Å²) in [5, 5.41) is 11.3. The quantitative estimate of drug-likeness (QED) is 0.641. The lowest BCUT2D eigenvalue weighted by molar-refractivity contribution is -0.138. The first kappa shape index (κ1) is 17.8. The van der Waals surface area contributed by atoms with Crippen molar-refractivity contribution in [2.75, 3.05) is 11.9 Å². The molecule has 0 aliphatic carbocycles. The van der Waals surface area contributed by atoms with Crippen LogP contribution in [0.25, 0.3) is 0 Å². The van der Waals surface area contributed by atoms with E-state index in [1.54, 1.807) is 0 Å². The van der Waals surface area contributed by atoms with E-state index in [0.717, 1.165) is 18.9 Å². The summed E-state index contributed by atoms with van der Waals surface area (Å²) in [6, 6.07) is 3.81. The number of carbonyl (C=O) groups is 1. The van der Waals surface area contributed by atoms with Crippen LogP contribution in [0.1, 0.15) is 37.7 Å². The van der Waals surface area contributed by atoms with Crippen LogP contribution in [0.3, 0.4) is 0 Å². The SMILES string of the molecule is O=C(O)CCCCCCNc1cc(Br)ccc1C(F)(F)F. The van der Waals surface area contributed by atoms with Crippen LogP contribution in [0, 0.1) is 0 Å². The number of carboxylic acid groups (broad SMARTS) is 1. The first-order valence-electron chi connectivity index (χ1n) is 6.63. The lowest BCUT2D eigenvalue weighted by Gasteiger charge is -2.15. The number of benzene rings is 1. The van der Waals surface area contributed by atoms with Gasteiger partial charge in [-0.2, -0.15) is 13.2 Å². The molecule has 1 aromatic carbocycles. The molecule has 21 heavy (non-hydrogen) atoms. The first-order valence-corrected chi connectivity index (χ1v) is 7.42. The van der Waals surface area contributed by atoms with Crippen LogP contribution in [0.2, 0.25) is 0 Å². The first-order chi connectivity index (χ1) is 9.80. The average molecular weight is 368 g/mol. The van der Waals surface area contributed by atoms with Crippen LogP contribution in [0.5, 0.6) is 0 Å². The number of rotatable bonds is 8. The maximum absolute atomic E-state index is 12.8. The van der Waals surface area contributed by atoms with Gasteiger partial charge in [-0.25, -0.2) is 0 Å². The number of unbranched alkanes of at least 4 members (excludes halogenated alkanes) is 3. The molecule has 0 aliphatic heterocycles. The molecule has 0 saturated carbocycles. The van der Waals surface area contributed by atoms with Crippen molar-refractivity contribution in [3.8, 4) is 0 Å². The molecule has 1 rings (SSSR count). The maximum atomic E-state index is 12.8. The van der Waals surface area contributed by atoms with Gasteiger partial charge in [0.25, 0.3) is 0 Å². The Labute approximate surface area is 129 Å². The van der Waals surface area contributed by atoms with Crippen molar-refractivity contribution in [3.05, 3.63) is 28.2 Å². The smallest absolute Gasteiger partial charge is 0.418 e. The summed E-state index contributed by atoms with van der Waals surface area (Å²) in [5.74, 6) is -0.822. The van der Waals surface area contributed by atoms with Crippen molar-refractivity contribution in [2.45, 2.75) is 38.3 Å². The average Bonchev–Trinajstić information content (AvgIpc) is 2.35. The largest absolute Gasteiger partial charge is 0.481 e. The van der Waals surface area contributed by atoms with Gasteiger partial charge in [0.2, 0.25) is 0 Å². The lowest BCUT2D eigenvalue weighted by Crippen LogP contribution is -2.11. The molecule has 0 bridgehead atoms. The summed E-state index contributed by atoms with van der Waals surface area (Å²) in [6.45, 7) is 0.423. The number of anilines is 1. The topological polar surface area (TPSA) is 49.3 Å². The van der Waals surface area contributed by atoms with Gasteiger partial charge in [-0.3, -0.25) is 4.79 Å². The number of aliphatic carboxylic acids is 1. The number of halogens is 4. The molecule has 0 amide bonds. The number of carboxylic acids is 1. The van der Waals surface area contributed by atoms with Gasteiger partial charge in [0.1, 0.15) is 0 Å². The third kappa shape index (κ3) is 6.84. The second-order valence-electron chi connectivity index (χ2n) is 4.67. The molecule has 0 fully saturated rings. The van der Waals surface area contributed by atoms with E-state index in [0.29, 0.717) is 23.9 Å². The van der Waals surface area contributed by atoms with E-state index in [1.165, 1.54) is 12.1 Å². The molecule has 0 heterocycles. The number of nitrogens with one attached hydrogen (secondary N) is 1. The highest BCUT2D eigenvalue weighted by molar-refractivity contribution is 9.10. The highest BCUT2D eigenvalue weighted by Gasteiger charge is 2.33. The van der Waals surface area contributed by atoms with Crippen molar-refractivity contribution in [2.24, 2.45) is 0 Å². The predicted molar refractivity (Wildman–Crippen MR) is 78.4 cm³/mol. The number of hydrogen-bond acceptors (Lipinski definition) is 2. The van der Waals surface area contributed by atoms with Crippen LogP contribution in [-0.2, 0) is 11.0 Å². The minimum atomic E-state index is -4.38. The second-order valence-corrected chi connectivity index (χ2v) is 5.59. The Balaban J connectivity index is 2.41. The Morgan fingerprint density at radius 1 is 1.19 bits per heavy atom. The zero-order chi connectivity index (χ0) is 15.9. The fraction of sp³-hybridized carbons (Fsp3) is 0.500. The monoisotopic (exact) mass is 367 g/mol. The minimum absolute atomic E-state index is 0.0578. The van der Waals surface area contributed by atoms with Crippen LogP contribution in [0.4, 0.5) is 18.9 Å². The van der Waals surface area contributed by atoms with Gasteiger partial charge in [-0.15, -0.1) is 0 Å². The van der Waals surface area contributed by atoms with Gasteiger partial charge in [-0.1, -0.05) is 28.8 Å². The van der Waals surface area contributed by atoms with Crippen molar-refractivity contribution in [1.82, 2.24) is 0 Å². The Morgan fingerprint density at radius 3 is 2.48 bits per heavy atom. The Morgan fingerprint density at radius 2 is 1.86 bits per heavy atom. The van der Waals surface area contributed by atoms with Gasteiger partial charge in [-0.05, 0) is 31.0 Å².